The lowest BCUT2D eigenvalue weighted by atomic mass is 10.0. The van der Waals surface area contributed by atoms with Crippen LogP contribution < -0.4 is 11.1 Å². The molecule has 0 fully saturated rings. The van der Waals surface area contributed by atoms with E-state index in [-0.39, 0.29) is 24.8 Å². The zero-order chi connectivity index (χ0) is 15.0. The minimum absolute atomic E-state index is 0.209. The number of benzene rings is 1. The van der Waals surface area contributed by atoms with Gasteiger partial charge in [-0.1, -0.05) is 17.9 Å². The molecular formula is C15H18N2O3. The summed E-state index contributed by atoms with van der Waals surface area (Å²) in [5.41, 5.74) is 7.04. The average Bonchev–Trinajstić information content (AvgIpc) is 2.42. The number of carbonyl (C=O) groups excluding carboxylic acids is 2. The van der Waals surface area contributed by atoms with Crippen LogP contribution in [0.2, 0.25) is 0 Å². The summed E-state index contributed by atoms with van der Waals surface area (Å²) in [5, 5.41) is 11.4. The highest BCUT2D eigenvalue weighted by Gasteiger charge is 2.10. The molecule has 1 aromatic carbocycles. The summed E-state index contributed by atoms with van der Waals surface area (Å²) in [5.74, 6) is 4.77. The standard InChI is InChI=1S/C15H18N2O3/c1-11-12(6-4-10-18)5-2-7-13(11)15(20)17-9-3-8-14(16)19/h2,5,7,18H,3,8-10H2,1H3,(H2,16,19)(H,17,20). The van der Waals surface area contributed by atoms with Gasteiger partial charge in [-0.15, -0.1) is 0 Å². The van der Waals surface area contributed by atoms with Gasteiger partial charge in [0, 0.05) is 24.1 Å². The van der Waals surface area contributed by atoms with Crippen molar-refractivity contribution in [3.8, 4) is 11.8 Å². The molecule has 0 aromatic heterocycles. The molecule has 0 aliphatic heterocycles. The summed E-state index contributed by atoms with van der Waals surface area (Å²) >= 11 is 0. The van der Waals surface area contributed by atoms with Gasteiger partial charge in [-0.25, -0.2) is 0 Å². The number of aliphatic hydroxyl groups excluding tert-OH is 1. The fraction of sp³-hybridized carbons (Fsp3) is 0.333. The summed E-state index contributed by atoms with van der Waals surface area (Å²) in [7, 11) is 0. The van der Waals surface area contributed by atoms with Crippen molar-refractivity contribution in [3.05, 3.63) is 34.9 Å². The van der Waals surface area contributed by atoms with E-state index in [1.807, 2.05) is 0 Å². The van der Waals surface area contributed by atoms with Crippen molar-refractivity contribution in [1.82, 2.24) is 5.32 Å². The maximum Gasteiger partial charge on any atom is 0.251 e. The van der Waals surface area contributed by atoms with Gasteiger partial charge in [0.25, 0.3) is 5.91 Å². The molecule has 0 bridgehead atoms. The normalized spacial score (nSPS) is 9.50. The number of primary amides is 1. The first-order chi connectivity index (χ1) is 9.56. The van der Waals surface area contributed by atoms with E-state index in [2.05, 4.69) is 17.2 Å². The number of hydrogen-bond acceptors (Lipinski definition) is 3. The number of aliphatic hydroxyl groups is 1. The summed E-state index contributed by atoms with van der Waals surface area (Å²) in [6.07, 6.45) is 0.769. The molecule has 5 nitrogen and oxygen atoms in total. The smallest absolute Gasteiger partial charge is 0.251 e. The van der Waals surface area contributed by atoms with Gasteiger partial charge in [0.1, 0.15) is 6.61 Å². The highest BCUT2D eigenvalue weighted by atomic mass is 16.2. The predicted molar refractivity (Wildman–Crippen MR) is 75.9 cm³/mol. The lowest BCUT2D eigenvalue weighted by Gasteiger charge is -2.08. The Morgan fingerprint density at radius 1 is 1.40 bits per heavy atom. The van der Waals surface area contributed by atoms with Crippen molar-refractivity contribution >= 4 is 11.8 Å². The van der Waals surface area contributed by atoms with Gasteiger partial charge in [-0.2, -0.15) is 0 Å². The molecule has 0 radical (unpaired) electrons. The van der Waals surface area contributed by atoms with Crippen molar-refractivity contribution in [2.24, 2.45) is 5.73 Å². The highest BCUT2D eigenvalue weighted by Crippen LogP contribution is 2.12. The second-order valence-corrected chi connectivity index (χ2v) is 4.26. The highest BCUT2D eigenvalue weighted by molar-refractivity contribution is 5.96. The first kappa shape index (κ1) is 15.7. The molecule has 0 saturated heterocycles. The number of nitrogens with two attached hydrogens (primary N) is 1. The number of carbonyl (C=O) groups is 2. The van der Waals surface area contributed by atoms with Gasteiger partial charge < -0.3 is 16.2 Å². The van der Waals surface area contributed by atoms with Crippen molar-refractivity contribution in [1.29, 1.82) is 0 Å². The second-order valence-electron chi connectivity index (χ2n) is 4.26. The summed E-state index contributed by atoms with van der Waals surface area (Å²) in [4.78, 5) is 22.6. The van der Waals surface area contributed by atoms with Gasteiger partial charge in [0.15, 0.2) is 0 Å². The van der Waals surface area contributed by atoms with Gasteiger partial charge in [-0.05, 0) is 31.0 Å². The monoisotopic (exact) mass is 274 g/mol. The summed E-state index contributed by atoms with van der Waals surface area (Å²) < 4.78 is 0. The Morgan fingerprint density at radius 2 is 2.15 bits per heavy atom. The molecule has 0 unspecified atom stereocenters. The average molecular weight is 274 g/mol. The largest absolute Gasteiger partial charge is 0.384 e. The quantitative estimate of drug-likeness (QED) is 0.534. The molecule has 20 heavy (non-hydrogen) atoms. The Hall–Kier alpha value is -2.32. The van der Waals surface area contributed by atoms with Crippen molar-refractivity contribution in [3.63, 3.8) is 0 Å². The van der Waals surface area contributed by atoms with Crippen LogP contribution in [0.3, 0.4) is 0 Å². The SMILES string of the molecule is Cc1c(C#CCO)cccc1C(=O)NCCCC(N)=O. The molecule has 0 aliphatic rings. The maximum atomic E-state index is 12.0. The lowest BCUT2D eigenvalue weighted by molar-refractivity contribution is -0.118. The molecule has 0 atom stereocenters. The number of amides is 2. The van der Waals surface area contributed by atoms with Crippen LogP contribution in [0.4, 0.5) is 0 Å². The lowest BCUT2D eigenvalue weighted by Crippen LogP contribution is -2.26. The van der Waals surface area contributed by atoms with E-state index in [0.29, 0.717) is 24.1 Å². The van der Waals surface area contributed by atoms with E-state index in [9.17, 15) is 9.59 Å². The van der Waals surface area contributed by atoms with E-state index in [1.54, 1.807) is 25.1 Å². The Balaban J connectivity index is 2.71. The van der Waals surface area contributed by atoms with Gasteiger partial charge in [-0.3, -0.25) is 9.59 Å². The third-order valence-electron chi connectivity index (χ3n) is 2.77. The molecule has 5 heteroatoms. The first-order valence-electron chi connectivity index (χ1n) is 6.32. The molecule has 0 heterocycles. The van der Waals surface area contributed by atoms with Crippen LogP contribution in [-0.4, -0.2) is 30.1 Å². The van der Waals surface area contributed by atoms with Crippen LogP contribution in [0.5, 0.6) is 0 Å². The van der Waals surface area contributed by atoms with Crippen LogP contribution in [0.25, 0.3) is 0 Å². The Bertz CT molecular complexity index is 556. The van der Waals surface area contributed by atoms with Crippen LogP contribution in [0, 0.1) is 18.8 Å². The van der Waals surface area contributed by atoms with Crippen molar-refractivity contribution < 1.29 is 14.7 Å². The fourth-order valence-corrected chi connectivity index (χ4v) is 1.71. The Kier molecular flexibility index (Phi) is 6.27. The topological polar surface area (TPSA) is 92.4 Å². The molecular weight excluding hydrogens is 256 g/mol. The van der Waals surface area contributed by atoms with Crippen LogP contribution in [0.1, 0.15) is 34.3 Å². The number of rotatable bonds is 5. The minimum atomic E-state index is -0.378. The number of hydrogen-bond donors (Lipinski definition) is 3. The molecule has 1 aromatic rings. The Labute approximate surface area is 118 Å². The van der Waals surface area contributed by atoms with Gasteiger partial charge in [0.2, 0.25) is 5.91 Å². The Morgan fingerprint density at radius 3 is 2.80 bits per heavy atom. The maximum absolute atomic E-state index is 12.0. The van der Waals surface area contributed by atoms with Crippen molar-refractivity contribution in [2.45, 2.75) is 19.8 Å². The van der Waals surface area contributed by atoms with Gasteiger partial charge in [0.05, 0.1) is 0 Å². The van der Waals surface area contributed by atoms with Crippen LogP contribution >= 0.6 is 0 Å². The molecule has 0 spiro atoms. The fourth-order valence-electron chi connectivity index (χ4n) is 1.71. The molecule has 0 saturated carbocycles. The van der Waals surface area contributed by atoms with E-state index >= 15 is 0 Å². The van der Waals surface area contributed by atoms with Crippen molar-refractivity contribution in [2.75, 3.05) is 13.2 Å². The van der Waals surface area contributed by atoms with Gasteiger partial charge >= 0.3 is 0 Å². The number of nitrogens with one attached hydrogen (secondary N) is 1. The van der Waals surface area contributed by atoms with E-state index in [1.165, 1.54) is 0 Å². The molecule has 4 N–H and O–H groups in total. The zero-order valence-electron chi connectivity index (χ0n) is 11.4. The molecule has 0 aliphatic carbocycles. The van der Waals surface area contributed by atoms with E-state index in [4.69, 9.17) is 10.8 Å². The summed E-state index contributed by atoms with van der Waals surface area (Å²) in [6, 6.07) is 5.25. The molecule has 2 amide bonds. The van der Waals surface area contributed by atoms with E-state index < -0.39 is 0 Å². The third-order valence-corrected chi connectivity index (χ3v) is 2.77. The minimum Gasteiger partial charge on any atom is -0.384 e. The van der Waals surface area contributed by atoms with Crippen LogP contribution in [-0.2, 0) is 4.79 Å². The summed E-state index contributed by atoms with van der Waals surface area (Å²) in [6.45, 7) is 1.98. The second kappa shape index (κ2) is 7.97. The third kappa shape index (κ3) is 4.75. The molecule has 1 rings (SSSR count). The first-order valence-corrected chi connectivity index (χ1v) is 6.32. The van der Waals surface area contributed by atoms with E-state index in [0.717, 1.165) is 5.56 Å². The zero-order valence-corrected chi connectivity index (χ0v) is 11.4. The van der Waals surface area contributed by atoms with Crippen LogP contribution in [0.15, 0.2) is 18.2 Å². The predicted octanol–water partition coefficient (Wildman–Crippen LogP) is 0.334. The molecule has 106 valence electrons.